The molecule has 1 fully saturated rings. The SMILES string of the molecule is CCOCC(C)OC(=O)CC1CCNC1. The maximum Gasteiger partial charge on any atom is 0.306 e. The van der Waals surface area contributed by atoms with Gasteiger partial charge in [0.1, 0.15) is 6.10 Å². The minimum Gasteiger partial charge on any atom is -0.460 e. The molecule has 1 rings (SSSR count). The van der Waals surface area contributed by atoms with E-state index in [4.69, 9.17) is 9.47 Å². The molecular weight excluding hydrogens is 194 g/mol. The first-order valence-electron chi connectivity index (χ1n) is 5.70. The Labute approximate surface area is 91.3 Å². The highest BCUT2D eigenvalue weighted by Crippen LogP contribution is 2.13. The second-order valence-electron chi connectivity index (χ2n) is 4.02. The topological polar surface area (TPSA) is 47.6 Å². The highest BCUT2D eigenvalue weighted by Gasteiger charge is 2.20. The predicted octanol–water partition coefficient (Wildman–Crippen LogP) is 0.954. The van der Waals surface area contributed by atoms with Crippen LogP contribution in [-0.4, -0.2) is 38.4 Å². The Morgan fingerprint density at radius 2 is 2.40 bits per heavy atom. The normalized spacial score (nSPS) is 22.7. The molecule has 1 N–H and O–H groups in total. The molecule has 1 saturated heterocycles. The van der Waals surface area contributed by atoms with Crippen LogP contribution >= 0.6 is 0 Å². The van der Waals surface area contributed by atoms with Gasteiger partial charge < -0.3 is 14.8 Å². The highest BCUT2D eigenvalue weighted by molar-refractivity contribution is 5.69. The Morgan fingerprint density at radius 3 is 3.00 bits per heavy atom. The Kier molecular flexibility index (Phi) is 5.65. The molecule has 0 spiro atoms. The standard InChI is InChI=1S/C11H21NO3/c1-3-14-8-9(2)15-11(13)6-10-4-5-12-7-10/h9-10,12H,3-8H2,1-2H3. The van der Waals surface area contributed by atoms with Crippen molar-refractivity contribution in [1.29, 1.82) is 0 Å². The van der Waals surface area contributed by atoms with Crippen molar-refractivity contribution in [2.75, 3.05) is 26.3 Å². The van der Waals surface area contributed by atoms with E-state index in [-0.39, 0.29) is 12.1 Å². The largest absolute Gasteiger partial charge is 0.460 e. The molecule has 1 aliphatic heterocycles. The Hall–Kier alpha value is -0.610. The second kappa shape index (κ2) is 6.80. The van der Waals surface area contributed by atoms with Gasteiger partial charge in [0, 0.05) is 13.0 Å². The zero-order valence-electron chi connectivity index (χ0n) is 9.62. The summed E-state index contributed by atoms with van der Waals surface area (Å²) in [5.41, 5.74) is 0. The van der Waals surface area contributed by atoms with Crippen molar-refractivity contribution < 1.29 is 14.3 Å². The molecule has 2 unspecified atom stereocenters. The number of carbonyl (C=O) groups is 1. The van der Waals surface area contributed by atoms with Crippen LogP contribution in [0.25, 0.3) is 0 Å². The molecule has 15 heavy (non-hydrogen) atoms. The van der Waals surface area contributed by atoms with Gasteiger partial charge in [-0.3, -0.25) is 4.79 Å². The van der Waals surface area contributed by atoms with Crippen molar-refractivity contribution >= 4 is 5.97 Å². The van der Waals surface area contributed by atoms with Crippen molar-refractivity contribution in [2.45, 2.75) is 32.8 Å². The maximum atomic E-state index is 11.5. The summed E-state index contributed by atoms with van der Waals surface area (Å²) in [6.07, 6.45) is 1.48. The predicted molar refractivity (Wildman–Crippen MR) is 57.6 cm³/mol. The van der Waals surface area contributed by atoms with Crippen molar-refractivity contribution in [3.05, 3.63) is 0 Å². The maximum absolute atomic E-state index is 11.5. The lowest BCUT2D eigenvalue weighted by Gasteiger charge is -2.14. The zero-order valence-corrected chi connectivity index (χ0v) is 9.62. The number of nitrogens with one attached hydrogen (secondary N) is 1. The number of esters is 1. The van der Waals surface area contributed by atoms with Crippen molar-refractivity contribution in [3.63, 3.8) is 0 Å². The third-order valence-electron chi connectivity index (χ3n) is 2.51. The first-order valence-corrected chi connectivity index (χ1v) is 5.70. The average Bonchev–Trinajstić information content (AvgIpc) is 2.67. The van der Waals surface area contributed by atoms with E-state index in [1.54, 1.807) is 0 Å². The van der Waals surface area contributed by atoms with Gasteiger partial charge >= 0.3 is 5.97 Å². The Morgan fingerprint density at radius 1 is 1.60 bits per heavy atom. The van der Waals surface area contributed by atoms with Crippen LogP contribution in [0, 0.1) is 5.92 Å². The third-order valence-corrected chi connectivity index (χ3v) is 2.51. The van der Waals surface area contributed by atoms with Gasteiger partial charge in [-0.15, -0.1) is 0 Å². The molecular formula is C11H21NO3. The third kappa shape index (κ3) is 5.14. The van der Waals surface area contributed by atoms with Gasteiger partial charge in [0.15, 0.2) is 0 Å². The summed E-state index contributed by atoms with van der Waals surface area (Å²) in [7, 11) is 0. The van der Waals surface area contributed by atoms with Gasteiger partial charge in [0.25, 0.3) is 0 Å². The molecule has 4 nitrogen and oxygen atoms in total. The van der Waals surface area contributed by atoms with Crippen LogP contribution in [0.4, 0.5) is 0 Å². The van der Waals surface area contributed by atoms with Crippen LogP contribution < -0.4 is 5.32 Å². The highest BCUT2D eigenvalue weighted by atomic mass is 16.6. The lowest BCUT2D eigenvalue weighted by Crippen LogP contribution is -2.22. The van der Waals surface area contributed by atoms with E-state index < -0.39 is 0 Å². The van der Waals surface area contributed by atoms with Gasteiger partial charge in [-0.25, -0.2) is 0 Å². The molecule has 0 radical (unpaired) electrons. The first-order chi connectivity index (χ1) is 7.22. The van der Waals surface area contributed by atoms with Crippen LogP contribution in [0.1, 0.15) is 26.7 Å². The lowest BCUT2D eigenvalue weighted by atomic mass is 10.1. The molecule has 0 aliphatic carbocycles. The quantitative estimate of drug-likeness (QED) is 0.670. The lowest BCUT2D eigenvalue weighted by molar-refractivity contribution is -0.151. The van der Waals surface area contributed by atoms with Gasteiger partial charge in [-0.05, 0) is 39.3 Å². The van der Waals surface area contributed by atoms with Crippen molar-refractivity contribution in [3.8, 4) is 0 Å². The molecule has 2 atom stereocenters. The number of carbonyl (C=O) groups excluding carboxylic acids is 1. The zero-order chi connectivity index (χ0) is 11.1. The van der Waals surface area contributed by atoms with E-state index in [0.717, 1.165) is 19.5 Å². The van der Waals surface area contributed by atoms with Gasteiger partial charge in [-0.1, -0.05) is 0 Å². The molecule has 1 heterocycles. The smallest absolute Gasteiger partial charge is 0.306 e. The van der Waals surface area contributed by atoms with Gasteiger partial charge in [0.2, 0.25) is 0 Å². The van der Waals surface area contributed by atoms with E-state index in [0.29, 0.717) is 25.6 Å². The molecule has 0 bridgehead atoms. The summed E-state index contributed by atoms with van der Waals surface area (Å²) >= 11 is 0. The molecule has 0 aromatic heterocycles. The second-order valence-corrected chi connectivity index (χ2v) is 4.02. The Bertz CT molecular complexity index is 190. The van der Waals surface area contributed by atoms with E-state index in [9.17, 15) is 4.79 Å². The van der Waals surface area contributed by atoms with Crippen LogP contribution in [0.2, 0.25) is 0 Å². The molecule has 1 aliphatic rings. The summed E-state index contributed by atoms with van der Waals surface area (Å²) in [6.45, 7) is 6.90. The fourth-order valence-corrected chi connectivity index (χ4v) is 1.71. The molecule has 0 aromatic carbocycles. The minimum atomic E-state index is -0.133. The molecule has 88 valence electrons. The van der Waals surface area contributed by atoms with E-state index >= 15 is 0 Å². The van der Waals surface area contributed by atoms with Crippen LogP contribution in [0.15, 0.2) is 0 Å². The van der Waals surface area contributed by atoms with Crippen LogP contribution in [0.3, 0.4) is 0 Å². The van der Waals surface area contributed by atoms with Gasteiger partial charge in [-0.2, -0.15) is 0 Å². The number of ether oxygens (including phenoxy) is 2. The van der Waals surface area contributed by atoms with Gasteiger partial charge in [0.05, 0.1) is 6.61 Å². The molecule has 0 amide bonds. The fourth-order valence-electron chi connectivity index (χ4n) is 1.71. The first kappa shape index (κ1) is 12.5. The van der Waals surface area contributed by atoms with E-state index in [1.807, 2.05) is 13.8 Å². The van der Waals surface area contributed by atoms with Crippen molar-refractivity contribution in [2.24, 2.45) is 5.92 Å². The summed E-state index contributed by atoms with van der Waals surface area (Å²) in [4.78, 5) is 11.5. The van der Waals surface area contributed by atoms with Crippen LogP contribution in [0.5, 0.6) is 0 Å². The summed E-state index contributed by atoms with van der Waals surface area (Å²) in [5, 5.41) is 3.23. The average molecular weight is 215 g/mol. The summed E-state index contributed by atoms with van der Waals surface area (Å²) < 4.78 is 10.4. The summed E-state index contributed by atoms with van der Waals surface area (Å²) in [6, 6.07) is 0. The fraction of sp³-hybridized carbons (Fsp3) is 0.909. The minimum absolute atomic E-state index is 0.101. The van der Waals surface area contributed by atoms with E-state index in [1.165, 1.54) is 0 Å². The number of hydrogen-bond acceptors (Lipinski definition) is 4. The number of rotatable bonds is 6. The summed E-state index contributed by atoms with van der Waals surface area (Å²) in [5.74, 6) is 0.354. The monoisotopic (exact) mass is 215 g/mol. The molecule has 4 heteroatoms. The number of hydrogen-bond donors (Lipinski definition) is 1. The van der Waals surface area contributed by atoms with Crippen molar-refractivity contribution in [1.82, 2.24) is 5.32 Å². The molecule has 0 aromatic rings. The Balaban J connectivity index is 2.11. The van der Waals surface area contributed by atoms with E-state index in [2.05, 4.69) is 5.32 Å². The van der Waals surface area contributed by atoms with Crippen LogP contribution in [-0.2, 0) is 14.3 Å². The molecule has 0 saturated carbocycles.